The van der Waals surface area contributed by atoms with Crippen LogP contribution in [0.15, 0.2) is 71.6 Å². The second-order valence-corrected chi connectivity index (χ2v) is 9.24. The number of carbonyl (C=O) groups is 1. The third kappa shape index (κ3) is 6.61. The lowest BCUT2D eigenvalue weighted by atomic mass is 10.2. The van der Waals surface area contributed by atoms with Gasteiger partial charge in [-0.2, -0.15) is 0 Å². The van der Waals surface area contributed by atoms with E-state index in [4.69, 9.17) is 31.5 Å². The van der Waals surface area contributed by atoms with E-state index in [2.05, 4.69) is 4.72 Å². The van der Waals surface area contributed by atoms with E-state index in [1.54, 1.807) is 56.5 Å². The summed E-state index contributed by atoms with van der Waals surface area (Å²) >= 11 is 5.89. The molecule has 0 aliphatic rings. The molecule has 0 saturated heterocycles. The molecule has 8 nitrogen and oxygen atoms in total. The van der Waals surface area contributed by atoms with E-state index < -0.39 is 22.0 Å². The van der Waals surface area contributed by atoms with Gasteiger partial charge in [-0.3, -0.25) is 4.79 Å². The van der Waals surface area contributed by atoms with Crippen LogP contribution >= 0.6 is 11.6 Å². The molecule has 10 heteroatoms. The number of amides is 1. The molecule has 3 aromatic rings. The number of methoxy groups -OCH3 is 1. The van der Waals surface area contributed by atoms with E-state index in [0.717, 1.165) is 0 Å². The van der Waals surface area contributed by atoms with Crippen LogP contribution in [0.25, 0.3) is 0 Å². The predicted octanol–water partition coefficient (Wildman–Crippen LogP) is 3.99. The molecule has 0 aliphatic heterocycles. The molecule has 174 valence electrons. The predicted molar refractivity (Wildman–Crippen MR) is 125 cm³/mol. The molecule has 0 aliphatic carbocycles. The van der Waals surface area contributed by atoms with E-state index in [1.165, 1.54) is 24.3 Å². The number of rotatable bonds is 10. The molecule has 0 aromatic heterocycles. The van der Waals surface area contributed by atoms with Gasteiger partial charge in [-0.25, -0.2) is 13.1 Å². The molecule has 1 amide bonds. The maximum Gasteiger partial charge on any atom is 0.252 e. The second-order valence-electron chi connectivity index (χ2n) is 7.09. The van der Waals surface area contributed by atoms with Crippen molar-refractivity contribution in [3.8, 4) is 23.0 Å². The standard InChI is InChI=1S/C23H23ClN2O6S/c1-15(14-31-22-11-6-16(24)12-21(22)23(25)27)26-33(28,29)20-5-3-4-19(13-20)32-18-9-7-17(30-2)8-10-18/h3-13,15,26H,14H2,1-2H3,(H2,25,27)/t15-/m0/s1. The summed E-state index contributed by atoms with van der Waals surface area (Å²) in [5, 5.41) is 0.335. The monoisotopic (exact) mass is 490 g/mol. The molecule has 1 atom stereocenters. The number of ether oxygens (including phenoxy) is 3. The van der Waals surface area contributed by atoms with Gasteiger partial charge in [-0.15, -0.1) is 0 Å². The molecular weight excluding hydrogens is 468 g/mol. The van der Waals surface area contributed by atoms with Crippen LogP contribution in [0.3, 0.4) is 0 Å². The zero-order valence-electron chi connectivity index (χ0n) is 17.9. The third-order valence-corrected chi connectivity index (χ3v) is 6.29. The summed E-state index contributed by atoms with van der Waals surface area (Å²) in [5.74, 6) is 1.09. The van der Waals surface area contributed by atoms with Gasteiger partial charge in [0.15, 0.2) is 0 Å². The summed E-state index contributed by atoms with van der Waals surface area (Å²) in [4.78, 5) is 11.6. The fourth-order valence-corrected chi connectivity index (χ4v) is 4.32. The topological polar surface area (TPSA) is 117 Å². The molecule has 0 unspecified atom stereocenters. The fourth-order valence-electron chi connectivity index (χ4n) is 2.89. The van der Waals surface area contributed by atoms with Crippen molar-refractivity contribution in [3.05, 3.63) is 77.3 Å². The number of halogens is 1. The first kappa shape index (κ1) is 24.4. The van der Waals surface area contributed by atoms with Gasteiger partial charge in [-0.05, 0) is 61.5 Å². The van der Waals surface area contributed by atoms with Crippen LogP contribution in [0.2, 0.25) is 5.02 Å². The van der Waals surface area contributed by atoms with Crippen molar-refractivity contribution in [1.29, 1.82) is 0 Å². The number of primary amides is 1. The Hall–Kier alpha value is -3.27. The Balaban J connectivity index is 1.66. The lowest BCUT2D eigenvalue weighted by Gasteiger charge is -2.17. The Morgan fingerprint density at radius 3 is 2.39 bits per heavy atom. The summed E-state index contributed by atoms with van der Waals surface area (Å²) in [5.41, 5.74) is 5.46. The van der Waals surface area contributed by atoms with Crippen LogP contribution in [0, 0.1) is 0 Å². The normalized spacial score (nSPS) is 12.1. The molecule has 0 spiro atoms. The SMILES string of the molecule is COc1ccc(Oc2cccc(S(=O)(=O)N[C@@H](C)COc3ccc(Cl)cc3C(N)=O)c2)cc1. The van der Waals surface area contributed by atoms with Crippen LogP contribution in [0.5, 0.6) is 23.0 Å². The summed E-state index contributed by atoms with van der Waals surface area (Å²) in [6, 6.07) is 16.9. The van der Waals surface area contributed by atoms with E-state index in [1.807, 2.05) is 0 Å². The molecule has 3 rings (SSSR count). The summed E-state index contributed by atoms with van der Waals surface area (Å²) in [6.07, 6.45) is 0. The van der Waals surface area contributed by atoms with Gasteiger partial charge in [-0.1, -0.05) is 17.7 Å². The first-order chi connectivity index (χ1) is 15.7. The van der Waals surface area contributed by atoms with Crippen molar-refractivity contribution in [2.75, 3.05) is 13.7 Å². The number of sulfonamides is 1. The van der Waals surface area contributed by atoms with E-state index in [9.17, 15) is 13.2 Å². The molecule has 0 saturated carbocycles. The number of benzene rings is 3. The van der Waals surface area contributed by atoms with Crippen molar-refractivity contribution >= 4 is 27.5 Å². The van der Waals surface area contributed by atoms with Crippen molar-refractivity contribution in [3.63, 3.8) is 0 Å². The second kappa shape index (κ2) is 10.6. The maximum absolute atomic E-state index is 12.8. The van der Waals surface area contributed by atoms with Gasteiger partial charge in [0.2, 0.25) is 10.0 Å². The minimum atomic E-state index is -3.87. The third-order valence-electron chi connectivity index (χ3n) is 4.46. The summed E-state index contributed by atoms with van der Waals surface area (Å²) in [6.45, 7) is 1.60. The van der Waals surface area contributed by atoms with E-state index >= 15 is 0 Å². The Kier molecular flexibility index (Phi) is 7.80. The number of nitrogens with two attached hydrogens (primary N) is 1. The van der Waals surface area contributed by atoms with Crippen LogP contribution in [0.4, 0.5) is 0 Å². The molecular formula is C23H23ClN2O6S. The molecule has 33 heavy (non-hydrogen) atoms. The van der Waals surface area contributed by atoms with E-state index in [-0.39, 0.29) is 22.8 Å². The first-order valence-electron chi connectivity index (χ1n) is 9.84. The smallest absolute Gasteiger partial charge is 0.252 e. The highest BCUT2D eigenvalue weighted by molar-refractivity contribution is 7.89. The number of carbonyl (C=O) groups excluding carboxylic acids is 1. The summed E-state index contributed by atoms with van der Waals surface area (Å²) < 4.78 is 44.7. The Labute approximate surface area is 197 Å². The van der Waals surface area contributed by atoms with Gasteiger partial charge >= 0.3 is 0 Å². The number of nitrogens with one attached hydrogen (secondary N) is 1. The fraction of sp³-hybridized carbons (Fsp3) is 0.174. The van der Waals surface area contributed by atoms with Crippen molar-refractivity contribution < 1.29 is 27.4 Å². The van der Waals surface area contributed by atoms with Crippen molar-refractivity contribution in [2.24, 2.45) is 5.73 Å². The maximum atomic E-state index is 12.8. The molecule has 0 fully saturated rings. The van der Waals surface area contributed by atoms with Gasteiger partial charge in [0, 0.05) is 11.1 Å². The van der Waals surface area contributed by atoms with Crippen LogP contribution in [0.1, 0.15) is 17.3 Å². The van der Waals surface area contributed by atoms with Gasteiger partial charge < -0.3 is 19.9 Å². The van der Waals surface area contributed by atoms with Crippen molar-refractivity contribution in [1.82, 2.24) is 4.72 Å². The number of hydrogen-bond acceptors (Lipinski definition) is 6. The zero-order chi connectivity index (χ0) is 24.0. The highest BCUT2D eigenvalue weighted by Gasteiger charge is 2.19. The van der Waals surface area contributed by atoms with Gasteiger partial charge in [0.05, 0.1) is 23.6 Å². The van der Waals surface area contributed by atoms with Crippen LogP contribution < -0.4 is 24.7 Å². The highest BCUT2D eigenvalue weighted by atomic mass is 35.5. The van der Waals surface area contributed by atoms with Crippen LogP contribution in [-0.4, -0.2) is 34.1 Å². The molecule has 0 bridgehead atoms. The van der Waals surface area contributed by atoms with Crippen LogP contribution in [-0.2, 0) is 10.0 Å². The van der Waals surface area contributed by atoms with Gasteiger partial charge in [0.25, 0.3) is 5.91 Å². The lowest BCUT2D eigenvalue weighted by molar-refractivity contribution is 0.0996. The average Bonchev–Trinajstić information content (AvgIpc) is 2.78. The minimum absolute atomic E-state index is 0.0321. The summed E-state index contributed by atoms with van der Waals surface area (Å²) in [7, 11) is -2.30. The average molecular weight is 491 g/mol. The first-order valence-corrected chi connectivity index (χ1v) is 11.7. The molecule has 3 N–H and O–H groups in total. The largest absolute Gasteiger partial charge is 0.497 e. The zero-order valence-corrected chi connectivity index (χ0v) is 19.5. The number of hydrogen-bond donors (Lipinski definition) is 2. The Morgan fingerprint density at radius 1 is 1.03 bits per heavy atom. The van der Waals surface area contributed by atoms with E-state index in [0.29, 0.717) is 22.3 Å². The highest BCUT2D eigenvalue weighted by Crippen LogP contribution is 2.26. The minimum Gasteiger partial charge on any atom is -0.497 e. The van der Waals surface area contributed by atoms with Gasteiger partial charge in [0.1, 0.15) is 29.6 Å². The Bertz CT molecular complexity index is 1230. The molecule has 0 radical (unpaired) electrons. The lowest BCUT2D eigenvalue weighted by Crippen LogP contribution is -2.36. The van der Waals surface area contributed by atoms with Crippen molar-refractivity contribution in [2.45, 2.75) is 17.9 Å². The molecule has 0 heterocycles. The quantitative estimate of drug-likeness (QED) is 0.444. The Morgan fingerprint density at radius 2 is 1.73 bits per heavy atom. The molecule has 3 aromatic carbocycles.